The highest BCUT2D eigenvalue weighted by Crippen LogP contribution is 2.15. The van der Waals surface area contributed by atoms with Gasteiger partial charge >= 0.3 is 0 Å². The third-order valence-electron chi connectivity index (χ3n) is 2.09. The molecule has 0 N–H and O–H groups in total. The van der Waals surface area contributed by atoms with E-state index in [1.54, 1.807) is 0 Å². The Morgan fingerprint density at radius 2 is 1.91 bits per heavy atom. The van der Waals surface area contributed by atoms with E-state index in [-0.39, 0.29) is 0 Å². The molecule has 0 saturated heterocycles. The maximum absolute atomic E-state index is 3.74. The van der Waals surface area contributed by atoms with Crippen molar-refractivity contribution in [1.82, 2.24) is 0 Å². The van der Waals surface area contributed by atoms with Crippen LogP contribution in [0.1, 0.15) is 27.7 Å². The van der Waals surface area contributed by atoms with E-state index in [0.717, 1.165) is 0 Å². The first kappa shape index (κ1) is 10.2. The Kier molecular flexibility index (Phi) is 4.60. The first-order valence-electron chi connectivity index (χ1n) is 4.06. The lowest BCUT2D eigenvalue weighted by Crippen LogP contribution is -1.93. The fourth-order valence-corrected chi connectivity index (χ4v) is 0.953. The van der Waals surface area contributed by atoms with Crippen molar-refractivity contribution in [3.05, 3.63) is 36.0 Å². The van der Waals surface area contributed by atoms with Crippen molar-refractivity contribution in [1.29, 1.82) is 0 Å². The fourth-order valence-electron chi connectivity index (χ4n) is 0.953. The lowest BCUT2D eigenvalue weighted by molar-refractivity contribution is 0.849. The summed E-state index contributed by atoms with van der Waals surface area (Å²) in [6.45, 7) is 12.2. The van der Waals surface area contributed by atoms with Crippen molar-refractivity contribution in [2.75, 3.05) is 0 Å². The minimum absolute atomic E-state index is 0.540. The number of hydrogen-bond donors (Lipinski definition) is 0. The second-order valence-corrected chi connectivity index (χ2v) is 2.88. The Balaban J connectivity index is 4.45. The molecule has 0 nitrogen and oxygen atoms in total. The Hall–Kier alpha value is -0.780. The van der Waals surface area contributed by atoms with Crippen LogP contribution in [0.25, 0.3) is 0 Å². The smallest absolute Gasteiger partial charge is 0.00488 e. The summed E-state index contributed by atoms with van der Waals surface area (Å²) in [7, 11) is 0. The molecule has 0 aromatic rings. The average molecular weight is 150 g/mol. The van der Waals surface area contributed by atoms with E-state index in [1.807, 2.05) is 13.0 Å². The van der Waals surface area contributed by atoms with Crippen molar-refractivity contribution in [3.63, 3.8) is 0 Å². The van der Waals surface area contributed by atoms with Crippen molar-refractivity contribution >= 4 is 0 Å². The van der Waals surface area contributed by atoms with Crippen molar-refractivity contribution in [2.24, 2.45) is 5.92 Å². The van der Waals surface area contributed by atoms with Gasteiger partial charge in [-0.15, -0.1) is 0 Å². The molecule has 0 rings (SSSR count). The molecule has 0 heterocycles. The van der Waals surface area contributed by atoms with Gasteiger partial charge in [-0.3, -0.25) is 0 Å². The van der Waals surface area contributed by atoms with Crippen LogP contribution in [-0.2, 0) is 0 Å². The molecule has 0 aliphatic carbocycles. The van der Waals surface area contributed by atoms with Gasteiger partial charge in [0.2, 0.25) is 0 Å². The summed E-state index contributed by atoms with van der Waals surface area (Å²) in [6.07, 6.45) is 6.20. The van der Waals surface area contributed by atoms with E-state index >= 15 is 0 Å². The van der Waals surface area contributed by atoms with Crippen LogP contribution in [0.2, 0.25) is 0 Å². The Labute approximate surface area is 70.3 Å². The Morgan fingerprint density at radius 1 is 1.36 bits per heavy atom. The molecule has 11 heavy (non-hydrogen) atoms. The van der Waals surface area contributed by atoms with E-state index in [1.165, 1.54) is 11.1 Å². The number of hydrogen-bond acceptors (Lipinski definition) is 0. The summed E-state index contributed by atoms with van der Waals surface area (Å²) in [6, 6.07) is 0. The first-order valence-corrected chi connectivity index (χ1v) is 4.06. The molecule has 0 aromatic heterocycles. The minimum atomic E-state index is 0.540. The summed E-state index contributed by atoms with van der Waals surface area (Å²) in [5.74, 6) is 0.540. The van der Waals surface area contributed by atoms with Gasteiger partial charge in [0.1, 0.15) is 0 Å². The fraction of sp³-hybridized carbons (Fsp3) is 0.455. The number of rotatable bonds is 3. The van der Waals surface area contributed by atoms with Crippen LogP contribution >= 0.6 is 0 Å². The SMILES string of the molecule is C=C/C(C)=C(\C)C(C)/C=C/C. The van der Waals surface area contributed by atoms with E-state index in [2.05, 4.69) is 39.5 Å². The molecule has 0 radical (unpaired) electrons. The largest absolute Gasteiger partial charge is 0.0988 e. The van der Waals surface area contributed by atoms with Gasteiger partial charge in [-0.1, -0.05) is 42.9 Å². The van der Waals surface area contributed by atoms with Crippen molar-refractivity contribution < 1.29 is 0 Å². The molecular formula is C11H18. The highest BCUT2D eigenvalue weighted by Gasteiger charge is 2.00. The van der Waals surface area contributed by atoms with Gasteiger partial charge in [0.15, 0.2) is 0 Å². The predicted octanol–water partition coefficient (Wildman–Crippen LogP) is 3.72. The van der Waals surface area contributed by atoms with Crippen LogP contribution in [0.4, 0.5) is 0 Å². The van der Waals surface area contributed by atoms with E-state index in [4.69, 9.17) is 0 Å². The summed E-state index contributed by atoms with van der Waals surface area (Å²) in [4.78, 5) is 0. The van der Waals surface area contributed by atoms with Gasteiger partial charge in [0.25, 0.3) is 0 Å². The molecule has 1 atom stereocenters. The topological polar surface area (TPSA) is 0 Å². The molecular weight excluding hydrogens is 132 g/mol. The summed E-state index contributed by atoms with van der Waals surface area (Å²) in [5.41, 5.74) is 2.69. The molecule has 0 fully saturated rings. The molecule has 0 aliphatic heterocycles. The quantitative estimate of drug-likeness (QED) is 0.425. The van der Waals surface area contributed by atoms with Gasteiger partial charge in [-0.25, -0.2) is 0 Å². The first-order chi connectivity index (χ1) is 5.13. The molecule has 0 amide bonds. The number of allylic oxidation sites excluding steroid dienone is 5. The molecule has 0 saturated carbocycles. The highest BCUT2D eigenvalue weighted by atomic mass is 14.1. The van der Waals surface area contributed by atoms with Crippen molar-refractivity contribution in [2.45, 2.75) is 27.7 Å². The third-order valence-corrected chi connectivity index (χ3v) is 2.09. The van der Waals surface area contributed by atoms with Gasteiger partial charge in [0.05, 0.1) is 0 Å². The molecule has 0 aliphatic rings. The summed E-state index contributed by atoms with van der Waals surface area (Å²) in [5, 5.41) is 0. The van der Waals surface area contributed by atoms with Crippen LogP contribution in [0.15, 0.2) is 36.0 Å². The van der Waals surface area contributed by atoms with Gasteiger partial charge < -0.3 is 0 Å². The van der Waals surface area contributed by atoms with E-state index < -0.39 is 0 Å². The average Bonchev–Trinajstić information content (AvgIpc) is 2.02. The molecule has 0 aromatic carbocycles. The third kappa shape index (κ3) is 3.22. The standard InChI is InChI=1S/C11H18/c1-6-8-10(4)11(5)9(3)7-2/h6-8,10H,2H2,1,3-5H3/b8-6+,11-9+. The van der Waals surface area contributed by atoms with Crippen LogP contribution in [-0.4, -0.2) is 0 Å². The van der Waals surface area contributed by atoms with Gasteiger partial charge in [-0.2, -0.15) is 0 Å². The highest BCUT2D eigenvalue weighted by molar-refractivity contribution is 5.24. The van der Waals surface area contributed by atoms with E-state index in [0.29, 0.717) is 5.92 Å². The summed E-state index contributed by atoms with van der Waals surface area (Å²) >= 11 is 0. The monoisotopic (exact) mass is 150 g/mol. The predicted molar refractivity (Wildman–Crippen MR) is 52.5 cm³/mol. The molecule has 0 heteroatoms. The maximum Gasteiger partial charge on any atom is -0.00488 e. The van der Waals surface area contributed by atoms with Crippen LogP contribution < -0.4 is 0 Å². The second kappa shape index (κ2) is 4.95. The molecule has 62 valence electrons. The molecule has 1 unspecified atom stereocenters. The second-order valence-electron chi connectivity index (χ2n) is 2.88. The maximum atomic E-state index is 3.74. The van der Waals surface area contributed by atoms with Crippen LogP contribution in [0, 0.1) is 5.92 Å². The molecule has 0 bridgehead atoms. The Bertz CT molecular complexity index is 182. The molecule has 0 spiro atoms. The van der Waals surface area contributed by atoms with Gasteiger partial charge in [0, 0.05) is 0 Å². The zero-order chi connectivity index (χ0) is 8.85. The van der Waals surface area contributed by atoms with Gasteiger partial charge in [-0.05, 0) is 26.7 Å². The van der Waals surface area contributed by atoms with Crippen LogP contribution in [0.3, 0.4) is 0 Å². The summed E-state index contributed by atoms with van der Waals surface area (Å²) < 4.78 is 0. The van der Waals surface area contributed by atoms with E-state index in [9.17, 15) is 0 Å². The lowest BCUT2D eigenvalue weighted by atomic mass is 9.98. The van der Waals surface area contributed by atoms with Crippen molar-refractivity contribution in [3.8, 4) is 0 Å². The normalized spacial score (nSPS) is 16.4. The van der Waals surface area contributed by atoms with Crippen LogP contribution in [0.5, 0.6) is 0 Å². The Morgan fingerprint density at radius 3 is 2.27 bits per heavy atom. The lowest BCUT2D eigenvalue weighted by Gasteiger charge is -2.08. The minimum Gasteiger partial charge on any atom is -0.0988 e. The zero-order valence-corrected chi connectivity index (χ0v) is 8.02. The zero-order valence-electron chi connectivity index (χ0n) is 8.02.